The Morgan fingerprint density at radius 3 is 2.44 bits per heavy atom. The molecule has 0 spiro atoms. The van der Waals surface area contributed by atoms with Gasteiger partial charge in [0, 0.05) is 29.2 Å². The molecule has 0 bridgehead atoms. The minimum atomic E-state index is -0.516. The van der Waals surface area contributed by atoms with Crippen molar-refractivity contribution in [1.82, 2.24) is 4.98 Å². The van der Waals surface area contributed by atoms with E-state index >= 15 is 0 Å². The zero-order chi connectivity index (χ0) is 11.5. The van der Waals surface area contributed by atoms with Crippen molar-refractivity contribution in [3.8, 4) is 0 Å². The molecule has 0 fully saturated rings. The van der Waals surface area contributed by atoms with E-state index in [2.05, 4.69) is 4.98 Å². The number of pyridine rings is 1. The highest BCUT2D eigenvalue weighted by Gasteiger charge is 2.10. The van der Waals surface area contributed by atoms with Crippen molar-refractivity contribution >= 4 is 11.5 Å². The van der Waals surface area contributed by atoms with Crippen LogP contribution >= 0.6 is 0 Å². The highest BCUT2D eigenvalue weighted by molar-refractivity contribution is 6.09. The van der Waals surface area contributed by atoms with Crippen LogP contribution in [0.2, 0.25) is 0 Å². The molecule has 1 aromatic carbocycles. The van der Waals surface area contributed by atoms with Gasteiger partial charge >= 0.3 is 0 Å². The SMILES string of the molecule is Nc1cc(F)cc(C(=O)c2ccncc2)c1. The number of nitrogens with two attached hydrogens (primary N) is 1. The molecule has 0 aliphatic heterocycles. The molecule has 0 aliphatic carbocycles. The van der Waals surface area contributed by atoms with Crippen LogP contribution in [0.15, 0.2) is 42.7 Å². The summed E-state index contributed by atoms with van der Waals surface area (Å²) >= 11 is 0. The van der Waals surface area contributed by atoms with Crippen molar-refractivity contribution in [2.45, 2.75) is 0 Å². The molecule has 1 aromatic heterocycles. The molecule has 0 saturated heterocycles. The van der Waals surface area contributed by atoms with E-state index < -0.39 is 5.82 Å². The molecule has 16 heavy (non-hydrogen) atoms. The normalized spacial score (nSPS) is 10.1. The smallest absolute Gasteiger partial charge is 0.193 e. The van der Waals surface area contributed by atoms with Gasteiger partial charge in [-0.05, 0) is 30.3 Å². The zero-order valence-corrected chi connectivity index (χ0v) is 8.35. The zero-order valence-electron chi connectivity index (χ0n) is 8.35. The first-order valence-electron chi connectivity index (χ1n) is 4.67. The van der Waals surface area contributed by atoms with Gasteiger partial charge in [0.05, 0.1) is 0 Å². The summed E-state index contributed by atoms with van der Waals surface area (Å²) in [7, 11) is 0. The molecule has 0 aliphatic rings. The highest BCUT2D eigenvalue weighted by atomic mass is 19.1. The van der Waals surface area contributed by atoms with Gasteiger partial charge < -0.3 is 5.73 Å². The Balaban J connectivity index is 2.42. The fraction of sp³-hybridized carbons (Fsp3) is 0. The summed E-state index contributed by atoms with van der Waals surface area (Å²) in [6.45, 7) is 0. The second kappa shape index (κ2) is 4.10. The van der Waals surface area contributed by atoms with Crippen LogP contribution in [0.4, 0.5) is 10.1 Å². The van der Waals surface area contributed by atoms with Crippen molar-refractivity contribution < 1.29 is 9.18 Å². The van der Waals surface area contributed by atoms with Crippen LogP contribution in [0.3, 0.4) is 0 Å². The number of nitrogen functional groups attached to an aromatic ring is 1. The summed E-state index contributed by atoms with van der Waals surface area (Å²) in [5.74, 6) is -0.786. The molecule has 2 rings (SSSR count). The second-order valence-electron chi connectivity index (χ2n) is 3.34. The van der Waals surface area contributed by atoms with E-state index in [0.717, 1.165) is 0 Å². The van der Waals surface area contributed by atoms with Crippen LogP contribution in [-0.4, -0.2) is 10.8 Å². The van der Waals surface area contributed by atoms with Gasteiger partial charge in [-0.25, -0.2) is 4.39 Å². The molecule has 0 unspecified atom stereocenters. The van der Waals surface area contributed by atoms with Crippen molar-refractivity contribution in [2.75, 3.05) is 5.73 Å². The van der Waals surface area contributed by atoms with Gasteiger partial charge in [-0.1, -0.05) is 0 Å². The first-order chi connectivity index (χ1) is 7.66. The number of hydrogen-bond acceptors (Lipinski definition) is 3. The molecule has 0 saturated carbocycles. The fourth-order valence-corrected chi connectivity index (χ4v) is 1.41. The lowest BCUT2D eigenvalue weighted by Crippen LogP contribution is -2.03. The van der Waals surface area contributed by atoms with Gasteiger partial charge in [0.15, 0.2) is 5.78 Å². The molecule has 1 heterocycles. The van der Waals surface area contributed by atoms with E-state index in [-0.39, 0.29) is 17.0 Å². The van der Waals surface area contributed by atoms with Crippen molar-refractivity contribution in [2.24, 2.45) is 0 Å². The van der Waals surface area contributed by atoms with Crippen LogP contribution in [-0.2, 0) is 0 Å². The Morgan fingerprint density at radius 1 is 1.12 bits per heavy atom. The monoisotopic (exact) mass is 216 g/mol. The maximum Gasteiger partial charge on any atom is 0.193 e. The molecule has 3 nitrogen and oxygen atoms in total. The minimum absolute atomic E-state index is 0.234. The topological polar surface area (TPSA) is 56.0 Å². The number of nitrogens with zero attached hydrogens (tertiary/aromatic N) is 1. The van der Waals surface area contributed by atoms with E-state index in [9.17, 15) is 9.18 Å². The standard InChI is InChI=1S/C12H9FN2O/c13-10-5-9(6-11(14)7-10)12(16)8-1-3-15-4-2-8/h1-7H,14H2. The summed E-state index contributed by atoms with van der Waals surface area (Å²) in [5.41, 5.74) is 6.40. The van der Waals surface area contributed by atoms with Crippen molar-refractivity contribution in [3.63, 3.8) is 0 Å². The van der Waals surface area contributed by atoms with Crippen LogP contribution in [0.1, 0.15) is 15.9 Å². The number of ketones is 1. The van der Waals surface area contributed by atoms with Crippen LogP contribution in [0, 0.1) is 5.82 Å². The average Bonchev–Trinajstić information content (AvgIpc) is 2.28. The number of benzene rings is 1. The third kappa shape index (κ3) is 2.06. The maximum absolute atomic E-state index is 13.1. The number of halogens is 1. The number of rotatable bonds is 2. The summed E-state index contributed by atoms with van der Waals surface area (Å²) in [5, 5.41) is 0. The second-order valence-corrected chi connectivity index (χ2v) is 3.34. The van der Waals surface area contributed by atoms with Gasteiger partial charge in [0.2, 0.25) is 0 Å². The largest absolute Gasteiger partial charge is 0.399 e. The summed E-state index contributed by atoms with van der Waals surface area (Å²) in [4.78, 5) is 15.7. The minimum Gasteiger partial charge on any atom is -0.399 e. The summed E-state index contributed by atoms with van der Waals surface area (Å²) in [6, 6.07) is 6.93. The molecule has 2 aromatic rings. The highest BCUT2D eigenvalue weighted by Crippen LogP contribution is 2.14. The van der Waals surface area contributed by atoms with E-state index in [1.54, 1.807) is 12.1 Å². The van der Waals surface area contributed by atoms with Gasteiger partial charge in [0.25, 0.3) is 0 Å². The van der Waals surface area contributed by atoms with E-state index in [1.807, 2.05) is 0 Å². The third-order valence-electron chi connectivity index (χ3n) is 2.12. The lowest BCUT2D eigenvalue weighted by molar-refractivity contribution is 0.103. The van der Waals surface area contributed by atoms with E-state index in [0.29, 0.717) is 5.56 Å². The lowest BCUT2D eigenvalue weighted by atomic mass is 10.0. The number of hydrogen-bond donors (Lipinski definition) is 1. The third-order valence-corrected chi connectivity index (χ3v) is 2.12. The van der Waals surface area contributed by atoms with Gasteiger partial charge in [0.1, 0.15) is 5.82 Å². The predicted octanol–water partition coefficient (Wildman–Crippen LogP) is 2.03. The molecule has 0 amide bonds. The molecule has 0 atom stereocenters. The Morgan fingerprint density at radius 2 is 1.81 bits per heavy atom. The summed E-state index contributed by atoms with van der Waals surface area (Å²) < 4.78 is 13.1. The van der Waals surface area contributed by atoms with Crippen LogP contribution < -0.4 is 5.73 Å². The van der Waals surface area contributed by atoms with Crippen LogP contribution in [0.25, 0.3) is 0 Å². The average molecular weight is 216 g/mol. The Labute approximate surface area is 91.7 Å². The molecule has 0 radical (unpaired) electrons. The molecule has 80 valence electrons. The van der Waals surface area contributed by atoms with E-state index in [1.165, 1.54) is 30.6 Å². The van der Waals surface area contributed by atoms with Gasteiger partial charge in [-0.2, -0.15) is 0 Å². The molecular formula is C12H9FN2O. The maximum atomic E-state index is 13.1. The quantitative estimate of drug-likeness (QED) is 0.617. The van der Waals surface area contributed by atoms with Crippen LogP contribution in [0.5, 0.6) is 0 Å². The summed E-state index contributed by atoms with van der Waals surface area (Å²) in [6.07, 6.45) is 3.02. The first-order valence-corrected chi connectivity index (χ1v) is 4.67. The number of anilines is 1. The number of aromatic nitrogens is 1. The lowest BCUT2D eigenvalue weighted by Gasteiger charge is -2.02. The van der Waals surface area contributed by atoms with Gasteiger partial charge in [-0.15, -0.1) is 0 Å². The van der Waals surface area contributed by atoms with Gasteiger partial charge in [-0.3, -0.25) is 9.78 Å². The van der Waals surface area contributed by atoms with E-state index in [4.69, 9.17) is 5.73 Å². The Hall–Kier alpha value is -2.23. The predicted molar refractivity (Wildman–Crippen MR) is 58.5 cm³/mol. The molecular weight excluding hydrogens is 207 g/mol. The first kappa shape index (κ1) is 10.3. The Kier molecular flexibility index (Phi) is 2.64. The van der Waals surface area contributed by atoms with Crippen molar-refractivity contribution in [3.05, 3.63) is 59.7 Å². The Bertz CT molecular complexity index is 506. The molecule has 4 heteroatoms. The number of carbonyl (C=O) groups is 1. The van der Waals surface area contributed by atoms with Crippen molar-refractivity contribution in [1.29, 1.82) is 0 Å². The number of carbonyl (C=O) groups excluding carboxylic acids is 1. The molecule has 2 N–H and O–H groups in total. The fourth-order valence-electron chi connectivity index (χ4n) is 1.41.